The van der Waals surface area contributed by atoms with Gasteiger partial charge in [-0.1, -0.05) is 23.8 Å². The first-order valence-electron chi connectivity index (χ1n) is 8.27. The highest BCUT2D eigenvalue weighted by molar-refractivity contribution is 5.88. The van der Waals surface area contributed by atoms with Crippen LogP contribution >= 0.6 is 0 Å². The minimum absolute atomic E-state index is 0.0160. The molecule has 0 bridgehead atoms. The molecule has 0 radical (unpaired) electrons. The van der Waals surface area contributed by atoms with Gasteiger partial charge in [-0.05, 0) is 55.2 Å². The Kier molecular flexibility index (Phi) is 4.74. The lowest BCUT2D eigenvalue weighted by Gasteiger charge is -2.29. The Morgan fingerprint density at radius 2 is 1.92 bits per heavy atom. The summed E-state index contributed by atoms with van der Waals surface area (Å²) in [5.74, 6) is -0.333. The van der Waals surface area contributed by atoms with Crippen molar-refractivity contribution >= 4 is 11.9 Å². The number of rotatable bonds is 4. The zero-order valence-electron chi connectivity index (χ0n) is 14.4. The van der Waals surface area contributed by atoms with E-state index in [2.05, 4.69) is 0 Å². The minimum atomic E-state index is -0.954. The Labute approximate surface area is 146 Å². The van der Waals surface area contributed by atoms with Crippen molar-refractivity contribution in [2.24, 2.45) is 0 Å². The number of fused-ring (bicyclic) bond motifs is 1. The van der Waals surface area contributed by atoms with E-state index in [1.165, 1.54) is 0 Å². The highest BCUT2D eigenvalue weighted by Gasteiger charge is 2.22. The van der Waals surface area contributed by atoms with Gasteiger partial charge in [0, 0.05) is 13.1 Å². The van der Waals surface area contributed by atoms with Crippen LogP contribution in [0.3, 0.4) is 0 Å². The summed E-state index contributed by atoms with van der Waals surface area (Å²) in [6, 6.07) is 11.0. The Bertz CT molecular complexity index is 828. The molecule has 1 aliphatic rings. The van der Waals surface area contributed by atoms with Crippen LogP contribution in [0.15, 0.2) is 36.4 Å². The van der Waals surface area contributed by atoms with Crippen molar-refractivity contribution in [2.45, 2.75) is 26.8 Å². The molecule has 0 aliphatic carbocycles. The zero-order valence-corrected chi connectivity index (χ0v) is 14.4. The molecule has 3 rings (SSSR count). The van der Waals surface area contributed by atoms with Crippen LogP contribution in [0.2, 0.25) is 0 Å². The van der Waals surface area contributed by atoms with E-state index in [-0.39, 0.29) is 18.1 Å². The average molecular weight is 339 g/mol. The number of nitrogens with zero attached hydrogens (tertiary/aromatic N) is 1. The molecule has 1 amide bonds. The fourth-order valence-electron chi connectivity index (χ4n) is 3.10. The lowest BCUT2D eigenvalue weighted by Crippen LogP contribution is -2.39. The van der Waals surface area contributed by atoms with Crippen LogP contribution in [0.1, 0.15) is 32.6 Å². The predicted molar refractivity (Wildman–Crippen MR) is 93.9 cm³/mol. The highest BCUT2D eigenvalue weighted by atomic mass is 16.5. The van der Waals surface area contributed by atoms with Crippen LogP contribution in [0.25, 0.3) is 0 Å². The molecule has 25 heavy (non-hydrogen) atoms. The van der Waals surface area contributed by atoms with Crippen LogP contribution in [-0.4, -0.2) is 35.0 Å². The van der Waals surface area contributed by atoms with Gasteiger partial charge in [0.25, 0.3) is 5.91 Å². The third-order valence-corrected chi connectivity index (χ3v) is 4.50. The smallest absolute Gasteiger partial charge is 0.335 e. The number of aryl methyl sites for hydroxylation is 2. The summed E-state index contributed by atoms with van der Waals surface area (Å²) in [6.45, 7) is 4.99. The Morgan fingerprint density at radius 1 is 1.12 bits per heavy atom. The van der Waals surface area contributed by atoms with Crippen molar-refractivity contribution < 1.29 is 19.4 Å². The van der Waals surface area contributed by atoms with Crippen molar-refractivity contribution in [1.82, 2.24) is 4.90 Å². The SMILES string of the molecule is Cc1ccc(OCC(=O)N2CCc3ccc(C(=O)O)cc3C2)c(C)c1. The summed E-state index contributed by atoms with van der Waals surface area (Å²) in [5.41, 5.74) is 4.40. The van der Waals surface area contributed by atoms with E-state index in [1.54, 1.807) is 17.0 Å². The van der Waals surface area contributed by atoms with E-state index in [0.717, 1.165) is 28.7 Å². The Hall–Kier alpha value is -2.82. The van der Waals surface area contributed by atoms with Gasteiger partial charge in [-0.25, -0.2) is 4.79 Å². The van der Waals surface area contributed by atoms with Gasteiger partial charge in [-0.3, -0.25) is 4.79 Å². The van der Waals surface area contributed by atoms with E-state index in [9.17, 15) is 9.59 Å². The molecule has 0 saturated carbocycles. The molecular weight excluding hydrogens is 318 g/mol. The van der Waals surface area contributed by atoms with Crippen molar-refractivity contribution in [1.29, 1.82) is 0 Å². The van der Waals surface area contributed by atoms with Crippen LogP contribution in [0, 0.1) is 13.8 Å². The third kappa shape index (κ3) is 3.82. The molecule has 1 heterocycles. The maximum atomic E-state index is 12.5. The van der Waals surface area contributed by atoms with Gasteiger partial charge in [-0.15, -0.1) is 0 Å². The molecule has 5 heteroatoms. The van der Waals surface area contributed by atoms with Gasteiger partial charge in [0.2, 0.25) is 0 Å². The van der Waals surface area contributed by atoms with Gasteiger partial charge in [0.1, 0.15) is 5.75 Å². The number of carbonyl (C=O) groups excluding carboxylic acids is 1. The summed E-state index contributed by atoms with van der Waals surface area (Å²) < 4.78 is 5.67. The second-order valence-electron chi connectivity index (χ2n) is 6.41. The number of benzene rings is 2. The molecule has 130 valence electrons. The van der Waals surface area contributed by atoms with Gasteiger partial charge < -0.3 is 14.7 Å². The van der Waals surface area contributed by atoms with Crippen LogP contribution in [0.4, 0.5) is 0 Å². The molecular formula is C20H21NO4. The first-order chi connectivity index (χ1) is 11.9. The summed E-state index contributed by atoms with van der Waals surface area (Å²) in [4.78, 5) is 25.3. The van der Waals surface area contributed by atoms with E-state index in [1.807, 2.05) is 38.1 Å². The summed E-state index contributed by atoms with van der Waals surface area (Å²) >= 11 is 0. The lowest BCUT2D eigenvalue weighted by atomic mass is 9.97. The molecule has 0 unspecified atom stereocenters. The number of carbonyl (C=O) groups is 2. The Morgan fingerprint density at radius 3 is 2.64 bits per heavy atom. The second-order valence-corrected chi connectivity index (χ2v) is 6.41. The predicted octanol–water partition coefficient (Wildman–Crippen LogP) is 2.97. The maximum absolute atomic E-state index is 12.5. The number of amides is 1. The number of ether oxygens (including phenoxy) is 1. The molecule has 2 aromatic rings. The zero-order chi connectivity index (χ0) is 18.0. The molecule has 1 N–H and O–H groups in total. The fourth-order valence-corrected chi connectivity index (χ4v) is 3.10. The monoisotopic (exact) mass is 339 g/mol. The number of carboxylic acid groups (broad SMARTS) is 1. The maximum Gasteiger partial charge on any atom is 0.335 e. The average Bonchev–Trinajstić information content (AvgIpc) is 2.59. The number of carboxylic acids is 1. The van der Waals surface area contributed by atoms with Crippen molar-refractivity contribution in [3.63, 3.8) is 0 Å². The molecule has 0 atom stereocenters. The van der Waals surface area contributed by atoms with E-state index < -0.39 is 5.97 Å². The molecule has 0 aromatic heterocycles. The normalized spacial score (nSPS) is 13.3. The van der Waals surface area contributed by atoms with Crippen molar-refractivity contribution in [3.8, 4) is 5.75 Å². The largest absolute Gasteiger partial charge is 0.484 e. The van der Waals surface area contributed by atoms with E-state index in [4.69, 9.17) is 9.84 Å². The molecule has 0 fully saturated rings. The number of hydrogen-bond donors (Lipinski definition) is 1. The standard InChI is InChI=1S/C20H21NO4/c1-13-3-6-18(14(2)9-13)25-12-19(22)21-8-7-15-4-5-16(20(23)24)10-17(15)11-21/h3-6,9-10H,7-8,11-12H2,1-2H3,(H,23,24). The lowest BCUT2D eigenvalue weighted by molar-refractivity contribution is -0.134. The summed E-state index contributed by atoms with van der Waals surface area (Å²) in [7, 11) is 0. The molecule has 5 nitrogen and oxygen atoms in total. The van der Waals surface area contributed by atoms with E-state index >= 15 is 0 Å². The summed E-state index contributed by atoms with van der Waals surface area (Å²) in [6.07, 6.45) is 0.727. The highest BCUT2D eigenvalue weighted by Crippen LogP contribution is 2.22. The number of hydrogen-bond acceptors (Lipinski definition) is 3. The van der Waals surface area contributed by atoms with Gasteiger partial charge >= 0.3 is 5.97 Å². The molecule has 0 saturated heterocycles. The van der Waals surface area contributed by atoms with Gasteiger partial charge in [-0.2, -0.15) is 0 Å². The second kappa shape index (κ2) is 6.97. The minimum Gasteiger partial charge on any atom is -0.484 e. The van der Waals surface area contributed by atoms with E-state index in [0.29, 0.717) is 18.8 Å². The van der Waals surface area contributed by atoms with Crippen LogP contribution in [-0.2, 0) is 17.8 Å². The van der Waals surface area contributed by atoms with Gasteiger partial charge in [0.15, 0.2) is 6.61 Å². The molecule has 2 aromatic carbocycles. The molecule has 0 spiro atoms. The van der Waals surface area contributed by atoms with Crippen molar-refractivity contribution in [2.75, 3.05) is 13.2 Å². The first-order valence-corrected chi connectivity index (χ1v) is 8.27. The van der Waals surface area contributed by atoms with Crippen LogP contribution in [0.5, 0.6) is 5.75 Å². The third-order valence-electron chi connectivity index (χ3n) is 4.50. The number of aromatic carboxylic acids is 1. The summed E-state index contributed by atoms with van der Waals surface area (Å²) in [5, 5.41) is 9.12. The quantitative estimate of drug-likeness (QED) is 0.930. The Balaban J connectivity index is 1.65. The van der Waals surface area contributed by atoms with Crippen LogP contribution < -0.4 is 4.74 Å². The van der Waals surface area contributed by atoms with Gasteiger partial charge in [0.05, 0.1) is 5.56 Å². The first kappa shape index (κ1) is 17.0. The topological polar surface area (TPSA) is 66.8 Å². The fraction of sp³-hybridized carbons (Fsp3) is 0.300. The molecule has 1 aliphatic heterocycles. The van der Waals surface area contributed by atoms with Crippen molar-refractivity contribution in [3.05, 3.63) is 64.2 Å².